The molecule has 3 rings (SSSR count). The summed E-state index contributed by atoms with van der Waals surface area (Å²) in [4.78, 5) is 1.08. The van der Waals surface area contributed by atoms with Gasteiger partial charge in [-0.15, -0.1) is 21.0 Å². The molecule has 1 unspecified atom stereocenters. The largest absolute Gasteiger partial charge is 0.492 e. The Hall–Kier alpha value is -0.760. The van der Waals surface area contributed by atoms with E-state index in [0.29, 0.717) is 22.9 Å². The summed E-state index contributed by atoms with van der Waals surface area (Å²) in [5.41, 5.74) is 0.670. The van der Waals surface area contributed by atoms with Gasteiger partial charge in [-0.1, -0.05) is 11.6 Å². The van der Waals surface area contributed by atoms with E-state index >= 15 is 0 Å². The van der Waals surface area contributed by atoms with Crippen molar-refractivity contribution < 1.29 is 9.13 Å². The molecule has 5 heteroatoms. The van der Waals surface area contributed by atoms with Crippen LogP contribution in [-0.4, -0.2) is 6.61 Å². The van der Waals surface area contributed by atoms with Crippen LogP contribution in [0.2, 0.25) is 5.02 Å². The van der Waals surface area contributed by atoms with Gasteiger partial charge in [0.15, 0.2) is 0 Å². The van der Waals surface area contributed by atoms with Crippen LogP contribution >= 0.6 is 32.6 Å². The number of benzene rings is 2. The SMILES string of the molecule is Fc1ccc(P)c2c1[C@H](Sc1ccc(Cl)cc1)CCO2. The van der Waals surface area contributed by atoms with E-state index in [2.05, 4.69) is 9.24 Å². The molecular formula is C15H13ClFOPS. The molecule has 0 fully saturated rings. The summed E-state index contributed by atoms with van der Waals surface area (Å²) in [6.07, 6.45) is 0.797. The van der Waals surface area contributed by atoms with Crippen molar-refractivity contribution in [2.45, 2.75) is 16.6 Å². The van der Waals surface area contributed by atoms with Crippen LogP contribution in [0.4, 0.5) is 4.39 Å². The molecule has 0 aliphatic carbocycles. The summed E-state index contributed by atoms with van der Waals surface area (Å²) in [6, 6.07) is 10.9. The van der Waals surface area contributed by atoms with Gasteiger partial charge < -0.3 is 4.74 Å². The summed E-state index contributed by atoms with van der Waals surface area (Å²) in [7, 11) is 2.60. The Kier molecular flexibility index (Phi) is 4.21. The Morgan fingerprint density at radius 3 is 2.70 bits per heavy atom. The Morgan fingerprint density at radius 2 is 1.95 bits per heavy atom. The molecule has 104 valence electrons. The number of rotatable bonds is 2. The van der Waals surface area contributed by atoms with E-state index in [1.165, 1.54) is 6.07 Å². The molecule has 0 spiro atoms. The lowest BCUT2D eigenvalue weighted by molar-refractivity contribution is 0.284. The van der Waals surface area contributed by atoms with Crippen molar-refractivity contribution in [1.82, 2.24) is 0 Å². The predicted octanol–water partition coefficient (Wildman–Crippen LogP) is 4.60. The Morgan fingerprint density at radius 1 is 1.20 bits per heavy atom. The fourth-order valence-electron chi connectivity index (χ4n) is 2.26. The van der Waals surface area contributed by atoms with E-state index in [1.807, 2.05) is 24.3 Å². The lowest BCUT2D eigenvalue weighted by atomic mass is 10.1. The standard InChI is InChI=1S/C15H13ClFOPS/c16-9-1-3-10(4-2-9)20-13-7-8-18-15-12(19)6-5-11(17)14(13)15/h1-6,13H,7-8,19H2/t13-/m1/s1. The third kappa shape index (κ3) is 2.81. The fraction of sp³-hybridized carbons (Fsp3) is 0.200. The molecule has 1 aliphatic rings. The maximum Gasteiger partial charge on any atom is 0.133 e. The average Bonchev–Trinajstić information content (AvgIpc) is 2.46. The van der Waals surface area contributed by atoms with Crippen LogP contribution in [0.1, 0.15) is 17.2 Å². The number of thioether (sulfide) groups is 1. The van der Waals surface area contributed by atoms with Crippen molar-refractivity contribution in [3.05, 3.63) is 52.8 Å². The van der Waals surface area contributed by atoms with Crippen molar-refractivity contribution >= 4 is 37.9 Å². The average molecular weight is 327 g/mol. The summed E-state index contributed by atoms with van der Waals surface area (Å²) in [5, 5.41) is 1.68. The molecule has 2 aromatic carbocycles. The second-order valence-corrected chi connectivity index (χ2v) is 6.91. The van der Waals surface area contributed by atoms with Crippen LogP contribution in [-0.2, 0) is 0 Å². The van der Waals surface area contributed by atoms with Gasteiger partial charge in [-0.25, -0.2) is 4.39 Å². The maximum atomic E-state index is 14.1. The van der Waals surface area contributed by atoms with E-state index in [1.54, 1.807) is 17.8 Å². The number of halogens is 2. The third-order valence-electron chi connectivity index (χ3n) is 3.21. The van der Waals surface area contributed by atoms with E-state index in [9.17, 15) is 4.39 Å². The Balaban J connectivity index is 1.94. The molecule has 0 radical (unpaired) electrons. The second-order valence-electron chi connectivity index (χ2n) is 4.58. The lowest BCUT2D eigenvalue weighted by Gasteiger charge is -2.27. The first-order valence-electron chi connectivity index (χ1n) is 6.28. The molecule has 2 aromatic rings. The van der Waals surface area contributed by atoms with Crippen molar-refractivity contribution in [3.8, 4) is 5.75 Å². The van der Waals surface area contributed by atoms with Gasteiger partial charge in [0.2, 0.25) is 0 Å². The van der Waals surface area contributed by atoms with E-state index < -0.39 is 0 Å². The molecule has 0 aromatic heterocycles. The zero-order chi connectivity index (χ0) is 14.1. The normalized spacial score (nSPS) is 17.4. The molecule has 2 atom stereocenters. The quantitative estimate of drug-likeness (QED) is 0.746. The zero-order valence-corrected chi connectivity index (χ0v) is 13.3. The maximum absolute atomic E-state index is 14.1. The van der Waals surface area contributed by atoms with Gasteiger partial charge in [0.1, 0.15) is 11.6 Å². The minimum absolute atomic E-state index is 0.0698. The van der Waals surface area contributed by atoms with Gasteiger partial charge in [0, 0.05) is 26.0 Å². The smallest absolute Gasteiger partial charge is 0.133 e. The fourth-order valence-corrected chi connectivity index (χ4v) is 3.90. The summed E-state index contributed by atoms with van der Waals surface area (Å²) >= 11 is 7.54. The minimum atomic E-state index is -0.197. The monoisotopic (exact) mass is 326 g/mol. The molecular weight excluding hydrogens is 314 g/mol. The van der Waals surface area contributed by atoms with E-state index in [-0.39, 0.29) is 11.1 Å². The van der Waals surface area contributed by atoms with Crippen LogP contribution < -0.4 is 10.0 Å². The summed E-state index contributed by atoms with van der Waals surface area (Å²) < 4.78 is 19.8. The zero-order valence-electron chi connectivity index (χ0n) is 10.6. The molecule has 0 bridgehead atoms. The Labute approximate surface area is 129 Å². The van der Waals surface area contributed by atoms with Crippen LogP contribution in [0.15, 0.2) is 41.3 Å². The second kappa shape index (κ2) is 5.93. The Bertz CT molecular complexity index is 633. The van der Waals surface area contributed by atoms with Gasteiger partial charge in [-0.3, -0.25) is 0 Å². The highest BCUT2D eigenvalue weighted by Crippen LogP contribution is 2.45. The highest BCUT2D eigenvalue weighted by molar-refractivity contribution is 7.99. The minimum Gasteiger partial charge on any atom is -0.492 e. The molecule has 1 nitrogen and oxygen atoms in total. The highest BCUT2D eigenvalue weighted by Gasteiger charge is 2.27. The molecule has 1 aliphatic heterocycles. The molecule has 1 heterocycles. The highest BCUT2D eigenvalue weighted by atomic mass is 35.5. The van der Waals surface area contributed by atoms with Crippen LogP contribution in [0.3, 0.4) is 0 Å². The predicted molar refractivity (Wildman–Crippen MR) is 85.9 cm³/mol. The molecule has 0 amide bonds. The number of hydrogen-bond acceptors (Lipinski definition) is 2. The van der Waals surface area contributed by atoms with Crippen LogP contribution in [0, 0.1) is 5.82 Å². The number of ether oxygens (including phenoxy) is 1. The van der Waals surface area contributed by atoms with Gasteiger partial charge >= 0.3 is 0 Å². The van der Waals surface area contributed by atoms with E-state index in [4.69, 9.17) is 16.3 Å². The number of fused-ring (bicyclic) bond motifs is 1. The topological polar surface area (TPSA) is 9.23 Å². The molecule has 20 heavy (non-hydrogen) atoms. The first-order valence-corrected chi connectivity index (χ1v) is 8.11. The first-order chi connectivity index (χ1) is 9.65. The van der Waals surface area contributed by atoms with Crippen molar-refractivity contribution in [2.24, 2.45) is 0 Å². The van der Waals surface area contributed by atoms with Gasteiger partial charge in [-0.2, -0.15) is 0 Å². The molecule has 0 saturated carbocycles. The summed E-state index contributed by atoms with van der Waals surface area (Å²) in [5.74, 6) is 0.477. The van der Waals surface area contributed by atoms with Crippen molar-refractivity contribution in [2.75, 3.05) is 6.61 Å². The molecule has 0 saturated heterocycles. The van der Waals surface area contributed by atoms with E-state index in [0.717, 1.165) is 16.6 Å². The third-order valence-corrected chi connectivity index (χ3v) is 5.22. The first kappa shape index (κ1) is 14.2. The van der Waals surface area contributed by atoms with Gasteiger partial charge in [-0.05, 0) is 42.8 Å². The van der Waals surface area contributed by atoms with Gasteiger partial charge in [0.05, 0.1) is 6.61 Å². The van der Waals surface area contributed by atoms with Crippen LogP contribution in [0.25, 0.3) is 0 Å². The van der Waals surface area contributed by atoms with Crippen LogP contribution in [0.5, 0.6) is 5.75 Å². The van der Waals surface area contributed by atoms with Gasteiger partial charge in [0.25, 0.3) is 0 Å². The van der Waals surface area contributed by atoms with Crippen molar-refractivity contribution in [1.29, 1.82) is 0 Å². The number of hydrogen-bond donors (Lipinski definition) is 0. The lowest BCUT2D eigenvalue weighted by Crippen LogP contribution is -2.18. The molecule has 0 N–H and O–H groups in total. The summed E-state index contributed by atoms with van der Waals surface area (Å²) in [6.45, 7) is 0.614. The van der Waals surface area contributed by atoms with Crippen molar-refractivity contribution in [3.63, 3.8) is 0 Å².